The van der Waals surface area contributed by atoms with E-state index in [0.717, 1.165) is 12.8 Å². The first-order valence-electron chi connectivity index (χ1n) is 7.09. The molecule has 0 aromatic heterocycles. The van der Waals surface area contributed by atoms with Crippen molar-refractivity contribution >= 4 is 6.03 Å². The van der Waals surface area contributed by atoms with Gasteiger partial charge in [0, 0.05) is 25.2 Å². The first-order valence-corrected chi connectivity index (χ1v) is 7.09. The zero-order valence-electron chi connectivity index (χ0n) is 11.1. The summed E-state index contributed by atoms with van der Waals surface area (Å²) in [6.45, 7) is 3.25. The SMILES string of the molecule is NC1(CNC(=O)N2CCOCC2)CCCCCC1. The van der Waals surface area contributed by atoms with E-state index in [1.807, 2.05) is 4.90 Å². The van der Waals surface area contributed by atoms with E-state index >= 15 is 0 Å². The third-order valence-electron chi connectivity index (χ3n) is 3.99. The number of morpholine rings is 1. The Hall–Kier alpha value is -0.810. The quantitative estimate of drug-likeness (QED) is 0.726. The Balaban J connectivity index is 1.76. The number of urea groups is 1. The highest BCUT2D eigenvalue weighted by Crippen LogP contribution is 2.24. The van der Waals surface area contributed by atoms with Crippen molar-refractivity contribution in [3.05, 3.63) is 0 Å². The zero-order chi connectivity index (χ0) is 12.8. The highest BCUT2D eigenvalue weighted by molar-refractivity contribution is 5.74. The normalized spacial score (nSPS) is 24.4. The Morgan fingerprint density at radius 1 is 1.17 bits per heavy atom. The molecular weight excluding hydrogens is 230 g/mol. The Kier molecular flexibility index (Phi) is 4.83. The number of nitrogens with zero attached hydrogens (tertiary/aromatic N) is 1. The molecule has 0 spiro atoms. The summed E-state index contributed by atoms with van der Waals surface area (Å²) in [5.74, 6) is 0. The van der Waals surface area contributed by atoms with Crippen molar-refractivity contribution in [1.29, 1.82) is 0 Å². The molecule has 1 aliphatic carbocycles. The van der Waals surface area contributed by atoms with Crippen molar-refractivity contribution in [1.82, 2.24) is 10.2 Å². The van der Waals surface area contributed by atoms with E-state index < -0.39 is 0 Å². The minimum absolute atomic E-state index is 0.00683. The lowest BCUT2D eigenvalue weighted by Crippen LogP contribution is -2.54. The Morgan fingerprint density at radius 3 is 2.39 bits per heavy atom. The number of amides is 2. The van der Waals surface area contributed by atoms with Crippen LogP contribution in [0.2, 0.25) is 0 Å². The monoisotopic (exact) mass is 255 g/mol. The second kappa shape index (κ2) is 6.38. The molecule has 2 fully saturated rings. The van der Waals surface area contributed by atoms with Gasteiger partial charge in [0.2, 0.25) is 0 Å². The maximum atomic E-state index is 12.0. The molecular formula is C13H25N3O2. The molecule has 2 amide bonds. The van der Waals surface area contributed by atoms with Gasteiger partial charge in [0.05, 0.1) is 13.2 Å². The summed E-state index contributed by atoms with van der Waals surface area (Å²) in [5.41, 5.74) is 6.18. The van der Waals surface area contributed by atoms with E-state index in [9.17, 15) is 4.79 Å². The molecule has 1 saturated carbocycles. The molecule has 2 rings (SSSR count). The van der Waals surface area contributed by atoms with Crippen LogP contribution in [0.1, 0.15) is 38.5 Å². The summed E-state index contributed by atoms with van der Waals surface area (Å²) >= 11 is 0. The Bertz CT molecular complexity index is 269. The largest absolute Gasteiger partial charge is 0.378 e. The molecule has 0 radical (unpaired) electrons. The molecule has 0 aromatic rings. The molecule has 1 heterocycles. The number of hydrogen-bond acceptors (Lipinski definition) is 3. The molecule has 104 valence electrons. The first kappa shape index (κ1) is 13.6. The average Bonchev–Trinajstić information content (AvgIpc) is 2.62. The number of carbonyl (C=O) groups excluding carboxylic acids is 1. The zero-order valence-corrected chi connectivity index (χ0v) is 11.1. The van der Waals surface area contributed by atoms with Gasteiger partial charge in [-0.05, 0) is 12.8 Å². The standard InChI is InChI=1S/C13H25N3O2/c14-13(5-3-1-2-4-6-13)11-15-12(17)16-7-9-18-10-8-16/h1-11,14H2,(H,15,17). The predicted octanol–water partition coefficient (Wildman–Crippen LogP) is 1.08. The predicted molar refractivity (Wildman–Crippen MR) is 70.4 cm³/mol. The molecule has 2 aliphatic rings. The van der Waals surface area contributed by atoms with Crippen LogP contribution in [0.4, 0.5) is 4.79 Å². The topological polar surface area (TPSA) is 67.6 Å². The number of ether oxygens (including phenoxy) is 1. The first-order chi connectivity index (χ1) is 8.70. The lowest BCUT2D eigenvalue weighted by atomic mass is 9.91. The third kappa shape index (κ3) is 3.85. The van der Waals surface area contributed by atoms with Crippen molar-refractivity contribution in [2.24, 2.45) is 5.73 Å². The van der Waals surface area contributed by atoms with Crippen molar-refractivity contribution < 1.29 is 9.53 Å². The molecule has 5 nitrogen and oxygen atoms in total. The van der Waals surface area contributed by atoms with Crippen LogP contribution in [-0.2, 0) is 4.74 Å². The number of nitrogens with one attached hydrogen (secondary N) is 1. The van der Waals surface area contributed by atoms with Crippen LogP contribution in [0, 0.1) is 0 Å². The lowest BCUT2D eigenvalue weighted by Gasteiger charge is -2.31. The minimum Gasteiger partial charge on any atom is -0.378 e. The van der Waals surface area contributed by atoms with E-state index in [2.05, 4.69) is 5.32 Å². The van der Waals surface area contributed by atoms with Crippen LogP contribution in [0.3, 0.4) is 0 Å². The molecule has 0 aromatic carbocycles. The lowest BCUT2D eigenvalue weighted by molar-refractivity contribution is 0.0528. The van der Waals surface area contributed by atoms with Crippen LogP contribution < -0.4 is 11.1 Å². The molecule has 0 atom stereocenters. The number of nitrogens with two attached hydrogens (primary N) is 1. The van der Waals surface area contributed by atoms with Crippen LogP contribution in [-0.4, -0.2) is 49.3 Å². The van der Waals surface area contributed by atoms with Crippen molar-refractivity contribution in [2.75, 3.05) is 32.8 Å². The van der Waals surface area contributed by atoms with E-state index in [1.54, 1.807) is 0 Å². The summed E-state index contributed by atoms with van der Waals surface area (Å²) in [5, 5.41) is 3.00. The fourth-order valence-electron chi connectivity index (χ4n) is 2.74. The van der Waals surface area contributed by atoms with Gasteiger partial charge in [-0.1, -0.05) is 25.7 Å². The fourth-order valence-corrected chi connectivity index (χ4v) is 2.74. The molecule has 1 aliphatic heterocycles. The molecule has 0 bridgehead atoms. The van der Waals surface area contributed by atoms with Gasteiger partial charge >= 0.3 is 6.03 Å². The summed E-state index contributed by atoms with van der Waals surface area (Å²) in [4.78, 5) is 13.8. The van der Waals surface area contributed by atoms with Crippen LogP contribution in [0.15, 0.2) is 0 Å². The Morgan fingerprint density at radius 2 is 1.78 bits per heavy atom. The second-order valence-electron chi connectivity index (χ2n) is 5.53. The van der Waals surface area contributed by atoms with Gasteiger partial charge in [0.25, 0.3) is 0 Å². The second-order valence-corrected chi connectivity index (χ2v) is 5.53. The fraction of sp³-hybridized carbons (Fsp3) is 0.923. The summed E-state index contributed by atoms with van der Waals surface area (Å²) in [6, 6.07) is 0.00683. The van der Waals surface area contributed by atoms with E-state index in [4.69, 9.17) is 10.5 Å². The highest BCUT2D eigenvalue weighted by atomic mass is 16.5. The molecule has 18 heavy (non-hydrogen) atoms. The van der Waals surface area contributed by atoms with E-state index in [-0.39, 0.29) is 11.6 Å². The van der Waals surface area contributed by atoms with Gasteiger partial charge in [-0.2, -0.15) is 0 Å². The molecule has 3 N–H and O–H groups in total. The molecule has 1 saturated heterocycles. The van der Waals surface area contributed by atoms with Gasteiger partial charge < -0.3 is 20.7 Å². The number of hydrogen-bond donors (Lipinski definition) is 2. The maximum absolute atomic E-state index is 12.0. The van der Waals surface area contributed by atoms with Gasteiger partial charge in [-0.3, -0.25) is 0 Å². The van der Waals surface area contributed by atoms with Crippen LogP contribution in [0.25, 0.3) is 0 Å². The molecule has 5 heteroatoms. The summed E-state index contributed by atoms with van der Waals surface area (Å²) in [6.07, 6.45) is 6.97. The van der Waals surface area contributed by atoms with E-state index in [1.165, 1.54) is 25.7 Å². The van der Waals surface area contributed by atoms with Gasteiger partial charge in [-0.15, -0.1) is 0 Å². The number of rotatable bonds is 2. The smallest absolute Gasteiger partial charge is 0.317 e. The number of carbonyl (C=O) groups is 1. The third-order valence-corrected chi connectivity index (χ3v) is 3.99. The van der Waals surface area contributed by atoms with Crippen molar-refractivity contribution in [3.8, 4) is 0 Å². The van der Waals surface area contributed by atoms with Gasteiger partial charge in [0.1, 0.15) is 0 Å². The Labute approximate surface area is 109 Å². The summed E-state index contributed by atoms with van der Waals surface area (Å²) < 4.78 is 5.23. The van der Waals surface area contributed by atoms with Crippen LogP contribution >= 0.6 is 0 Å². The molecule has 0 unspecified atom stereocenters. The van der Waals surface area contributed by atoms with Crippen LogP contribution in [0.5, 0.6) is 0 Å². The van der Waals surface area contributed by atoms with Gasteiger partial charge in [0.15, 0.2) is 0 Å². The van der Waals surface area contributed by atoms with Crippen molar-refractivity contribution in [2.45, 2.75) is 44.1 Å². The van der Waals surface area contributed by atoms with Crippen molar-refractivity contribution in [3.63, 3.8) is 0 Å². The maximum Gasteiger partial charge on any atom is 0.317 e. The minimum atomic E-state index is -0.196. The van der Waals surface area contributed by atoms with Gasteiger partial charge in [-0.25, -0.2) is 4.79 Å². The average molecular weight is 255 g/mol. The summed E-state index contributed by atoms with van der Waals surface area (Å²) in [7, 11) is 0. The highest BCUT2D eigenvalue weighted by Gasteiger charge is 2.27. The van der Waals surface area contributed by atoms with E-state index in [0.29, 0.717) is 32.8 Å².